The highest BCUT2D eigenvalue weighted by Gasteiger charge is 2.21. The van der Waals surface area contributed by atoms with Crippen molar-refractivity contribution in [3.05, 3.63) is 33.8 Å². The van der Waals surface area contributed by atoms with Crippen LogP contribution >= 0.6 is 23.2 Å². The monoisotopic (exact) mass is 272 g/mol. The third kappa shape index (κ3) is 4.10. The summed E-state index contributed by atoms with van der Waals surface area (Å²) in [7, 11) is 0. The summed E-state index contributed by atoms with van der Waals surface area (Å²) in [5.74, 6) is 0.680. The van der Waals surface area contributed by atoms with E-state index in [0.29, 0.717) is 22.5 Å². The first-order valence-corrected chi connectivity index (χ1v) is 6.36. The molecule has 1 aliphatic carbocycles. The van der Waals surface area contributed by atoms with Crippen molar-refractivity contribution < 1.29 is 4.79 Å². The van der Waals surface area contributed by atoms with Gasteiger partial charge in [-0.25, -0.2) is 4.79 Å². The summed E-state index contributed by atoms with van der Waals surface area (Å²) in [6, 6.07) is 5.09. The van der Waals surface area contributed by atoms with E-state index in [0.717, 1.165) is 12.1 Å². The fourth-order valence-electron chi connectivity index (χ4n) is 1.46. The van der Waals surface area contributed by atoms with E-state index in [9.17, 15) is 4.79 Å². The summed E-state index contributed by atoms with van der Waals surface area (Å²) in [4.78, 5) is 11.4. The van der Waals surface area contributed by atoms with Gasteiger partial charge in [0.2, 0.25) is 0 Å². The Morgan fingerprint density at radius 2 is 2.06 bits per heavy atom. The van der Waals surface area contributed by atoms with E-state index in [1.165, 1.54) is 12.8 Å². The standard InChI is InChI=1S/C12H14Cl2N2O/c13-10-4-3-9(11(14)5-10)7-16-12(17)15-6-8-1-2-8/h3-5,8H,1-2,6-7H2,(H2,15,16,17). The highest BCUT2D eigenvalue weighted by Crippen LogP contribution is 2.27. The molecule has 0 atom stereocenters. The van der Waals surface area contributed by atoms with Crippen LogP contribution in [-0.4, -0.2) is 12.6 Å². The summed E-state index contributed by atoms with van der Waals surface area (Å²) in [5, 5.41) is 6.76. The normalized spacial score (nSPS) is 14.5. The van der Waals surface area contributed by atoms with Gasteiger partial charge in [-0.3, -0.25) is 0 Å². The predicted molar refractivity (Wildman–Crippen MR) is 69.4 cm³/mol. The number of carbonyl (C=O) groups excluding carboxylic acids is 1. The number of rotatable bonds is 4. The van der Waals surface area contributed by atoms with Gasteiger partial charge in [0.05, 0.1) is 0 Å². The van der Waals surface area contributed by atoms with Crippen molar-refractivity contribution in [1.29, 1.82) is 0 Å². The van der Waals surface area contributed by atoms with Crippen LogP contribution < -0.4 is 10.6 Å². The van der Waals surface area contributed by atoms with Crippen molar-refractivity contribution in [3.8, 4) is 0 Å². The summed E-state index contributed by atoms with van der Waals surface area (Å²) in [5.41, 5.74) is 0.859. The minimum absolute atomic E-state index is 0.150. The third-order valence-electron chi connectivity index (χ3n) is 2.70. The van der Waals surface area contributed by atoms with E-state index in [1.807, 2.05) is 6.07 Å². The van der Waals surface area contributed by atoms with E-state index in [2.05, 4.69) is 10.6 Å². The predicted octanol–water partition coefficient (Wildman–Crippen LogP) is 3.20. The second kappa shape index (κ2) is 5.61. The van der Waals surface area contributed by atoms with Crippen LogP contribution in [-0.2, 0) is 6.54 Å². The largest absolute Gasteiger partial charge is 0.338 e. The Labute approximate surface area is 110 Å². The minimum atomic E-state index is -0.150. The lowest BCUT2D eigenvalue weighted by Gasteiger charge is -2.08. The second-order valence-corrected chi connectivity index (χ2v) is 5.09. The van der Waals surface area contributed by atoms with Crippen LogP contribution in [0.4, 0.5) is 4.79 Å². The lowest BCUT2D eigenvalue weighted by atomic mass is 10.2. The Bertz CT molecular complexity index is 419. The molecule has 92 valence electrons. The van der Waals surface area contributed by atoms with Crippen LogP contribution in [0.25, 0.3) is 0 Å². The number of hydrogen-bond acceptors (Lipinski definition) is 1. The van der Waals surface area contributed by atoms with E-state index in [1.54, 1.807) is 12.1 Å². The van der Waals surface area contributed by atoms with Gasteiger partial charge in [-0.1, -0.05) is 29.3 Å². The molecule has 17 heavy (non-hydrogen) atoms. The maximum atomic E-state index is 11.4. The molecule has 0 heterocycles. The van der Waals surface area contributed by atoms with Crippen LogP contribution in [0.5, 0.6) is 0 Å². The van der Waals surface area contributed by atoms with E-state index in [4.69, 9.17) is 23.2 Å². The molecule has 1 saturated carbocycles. The quantitative estimate of drug-likeness (QED) is 0.869. The van der Waals surface area contributed by atoms with Crippen molar-refractivity contribution in [2.24, 2.45) is 5.92 Å². The van der Waals surface area contributed by atoms with Gasteiger partial charge in [0, 0.05) is 23.1 Å². The Balaban J connectivity index is 1.77. The highest BCUT2D eigenvalue weighted by atomic mass is 35.5. The number of nitrogens with one attached hydrogen (secondary N) is 2. The summed E-state index contributed by atoms with van der Waals surface area (Å²) in [6.07, 6.45) is 2.45. The Hall–Kier alpha value is -0.930. The number of benzene rings is 1. The summed E-state index contributed by atoms with van der Waals surface area (Å²) >= 11 is 11.8. The van der Waals surface area contributed by atoms with Crippen LogP contribution in [0.1, 0.15) is 18.4 Å². The molecular weight excluding hydrogens is 259 g/mol. The first-order valence-electron chi connectivity index (χ1n) is 5.61. The van der Waals surface area contributed by atoms with E-state index >= 15 is 0 Å². The molecular formula is C12H14Cl2N2O. The van der Waals surface area contributed by atoms with Crippen LogP contribution in [0.2, 0.25) is 10.0 Å². The van der Waals surface area contributed by atoms with Crippen molar-refractivity contribution >= 4 is 29.2 Å². The number of hydrogen-bond donors (Lipinski definition) is 2. The molecule has 0 radical (unpaired) electrons. The van der Waals surface area contributed by atoms with Gasteiger partial charge in [0.1, 0.15) is 0 Å². The first kappa shape index (κ1) is 12.5. The van der Waals surface area contributed by atoms with Gasteiger partial charge in [-0.05, 0) is 36.5 Å². The van der Waals surface area contributed by atoms with Gasteiger partial charge in [-0.2, -0.15) is 0 Å². The molecule has 1 fully saturated rings. The van der Waals surface area contributed by atoms with Crippen molar-refractivity contribution in [2.45, 2.75) is 19.4 Å². The molecule has 3 nitrogen and oxygen atoms in total. The fraction of sp³-hybridized carbons (Fsp3) is 0.417. The Kier molecular flexibility index (Phi) is 4.13. The van der Waals surface area contributed by atoms with Crippen molar-refractivity contribution in [1.82, 2.24) is 10.6 Å². The summed E-state index contributed by atoms with van der Waals surface area (Å²) < 4.78 is 0. The number of halogens is 2. The zero-order valence-electron chi connectivity index (χ0n) is 9.30. The van der Waals surface area contributed by atoms with Gasteiger partial charge in [0.25, 0.3) is 0 Å². The number of urea groups is 1. The highest BCUT2D eigenvalue weighted by molar-refractivity contribution is 6.35. The summed E-state index contributed by atoms with van der Waals surface area (Å²) in [6.45, 7) is 1.17. The molecule has 2 rings (SSSR count). The minimum Gasteiger partial charge on any atom is -0.338 e. The first-order chi connectivity index (χ1) is 8.15. The van der Waals surface area contributed by atoms with Crippen LogP contribution in [0.3, 0.4) is 0 Å². The molecule has 0 bridgehead atoms. The van der Waals surface area contributed by atoms with E-state index < -0.39 is 0 Å². The zero-order chi connectivity index (χ0) is 12.3. The molecule has 2 N–H and O–H groups in total. The molecule has 1 aliphatic rings. The average molecular weight is 273 g/mol. The average Bonchev–Trinajstić information content (AvgIpc) is 3.09. The molecule has 2 amide bonds. The molecule has 1 aromatic rings. The number of carbonyl (C=O) groups is 1. The molecule has 5 heteroatoms. The third-order valence-corrected chi connectivity index (χ3v) is 3.29. The lowest BCUT2D eigenvalue weighted by molar-refractivity contribution is 0.240. The van der Waals surface area contributed by atoms with Crippen molar-refractivity contribution in [2.75, 3.05) is 6.54 Å². The van der Waals surface area contributed by atoms with Crippen LogP contribution in [0.15, 0.2) is 18.2 Å². The van der Waals surface area contributed by atoms with Gasteiger partial charge in [-0.15, -0.1) is 0 Å². The SMILES string of the molecule is O=C(NCc1ccc(Cl)cc1Cl)NCC1CC1. The van der Waals surface area contributed by atoms with Crippen LogP contribution in [0, 0.1) is 5.92 Å². The maximum absolute atomic E-state index is 11.4. The molecule has 0 saturated heterocycles. The van der Waals surface area contributed by atoms with Gasteiger partial charge in [0.15, 0.2) is 0 Å². The maximum Gasteiger partial charge on any atom is 0.315 e. The smallest absolute Gasteiger partial charge is 0.315 e. The fourth-order valence-corrected chi connectivity index (χ4v) is 1.94. The molecule has 0 unspecified atom stereocenters. The lowest BCUT2D eigenvalue weighted by Crippen LogP contribution is -2.36. The molecule has 1 aromatic carbocycles. The number of amides is 2. The molecule has 0 aliphatic heterocycles. The Morgan fingerprint density at radius 3 is 2.71 bits per heavy atom. The molecule has 0 aromatic heterocycles. The van der Waals surface area contributed by atoms with Gasteiger partial charge < -0.3 is 10.6 Å². The Morgan fingerprint density at radius 1 is 1.29 bits per heavy atom. The van der Waals surface area contributed by atoms with Crippen molar-refractivity contribution in [3.63, 3.8) is 0 Å². The zero-order valence-corrected chi connectivity index (χ0v) is 10.8. The topological polar surface area (TPSA) is 41.1 Å². The van der Waals surface area contributed by atoms with E-state index in [-0.39, 0.29) is 6.03 Å². The van der Waals surface area contributed by atoms with Gasteiger partial charge >= 0.3 is 6.03 Å². The molecule has 0 spiro atoms. The second-order valence-electron chi connectivity index (χ2n) is 4.24.